The minimum Gasteiger partial charge on any atom is -0.345 e. The van der Waals surface area contributed by atoms with Gasteiger partial charge in [-0.05, 0) is 18.9 Å². The van der Waals surface area contributed by atoms with Gasteiger partial charge in [-0.2, -0.15) is 0 Å². The molecule has 0 saturated heterocycles. The van der Waals surface area contributed by atoms with Crippen LogP contribution >= 0.6 is 0 Å². The molecule has 0 amide bonds. The molecule has 78 valence electrons. The lowest BCUT2D eigenvalue weighted by Gasteiger charge is -2.09. The Balaban J connectivity index is 2.38. The van der Waals surface area contributed by atoms with Crippen molar-refractivity contribution in [1.29, 1.82) is 0 Å². The number of rotatable bonds is 3. The molecule has 0 aliphatic carbocycles. The Kier molecular flexibility index (Phi) is 2.83. The highest BCUT2D eigenvalue weighted by molar-refractivity contribution is 5.60. The molecular weight excluding hydrogens is 186 g/mol. The second-order valence-corrected chi connectivity index (χ2v) is 3.78. The fourth-order valence-corrected chi connectivity index (χ4v) is 1.69. The number of benzene rings is 1. The molecule has 3 N–H and O–H groups in total. The standard InChI is InChI=1S/C12H15N3/c1-9(13)8-10-4-2-3-5-11(10)12-14-6-7-15-12/h2-7,9H,8,13H2,1H3,(H,14,15). The normalized spacial score (nSPS) is 12.7. The predicted octanol–water partition coefficient (Wildman–Crippen LogP) is 1.97. The van der Waals surface area contributed by atoms with Crippen LogP contribution in [0.5, 0.6) is 0 Å². The molecule has 0 fully saturated rings. The summed E-state index contributed by atoms with van der Waals surface area (Å²) < 4.78 is 0. The van der Waals surface area contributed by atoms with Crippen LogP contribution in [-0.4, -0.2) is 16.0 Å². The monoisotopic (exact) mass is 201 g/mol. The molecule has 3 nitrogen and oxygen atoms in total. The van der Waals surface area contributed by atoms with E-state index in [1.165, 1.54) is 5.56 Å². The summed E-state index contributed by atoms with van der Waals surface area (Å²) in [6, 6.07) is 8.38. The quantitative estimate of drug-likeness (QED) is 0.797. The van der Waals surface area contributed by atoms with Crippen molar-refractivity contribution in [2.45, 2.75) is 19.4 Å². The van der Waals surface area contributed by atoms with Crippen LogP contribution in [0.2, 0.25) is 0 Å². The van der Waals surface area contributed by atoms with E-state index >= 15 is 0 Å². The third kappa shape index (κ3) is 2.25. The first kappa shape index (κ1) is 9.93. The predicted molar refractivity (Wildman–Crippen MR) is 61.4 cm³/mol. The van der Waals surface area contributed by atoms with Gasteiger partial charge in [0.1, 0.15) is 5.82 Å². The van der Waals surface area contributed by atoms with Crippen LogP contribution in [0.1, 0.15) is 12.5 Å². The second kappa shape index (κ2) is 4.28. The topological polar surface area (TPSA) is 54.7 Å². The van der Waals surface area contributed by atoms with Crippen LogP contribution < -0.4 is 5.73 Å². The molecule has 1 heterocycles. The fraction of sp³-hybridized carbons (Fsp3) is 0.250. The van der Waals surface area contributed by atoms with Gasteiger partial charge in [-0.25, -0.2) is 4.98 Å². The van der Waals surface area contributed by atoms with Crippen molar-refractivity contribution >= 4 is 0 Å². The van der Waals surface area contributed by atoms with Crippen LogP contribution in [0.15, 0.2) is 36.7 Å². The molecule has 0 saturated carbocycles. The van der Waals surface area contributed by atoms with Crippen molar-refractivity contribution in [2.75, 3.05) is 0 Å². The first-order valence-corrected chi connectivity index (χ1v) is 5.10. The first-order chi connectivity index (χ1) is 7.27. The van der Waals surface area contributed by atoms with E-state index in [1.54, 1.807) is 6.20 Å². The minimum absolute atomic E-state index is 0.168. The van der Waals surface area contributed by atoms with Gasteiger partial charge in [-0.1, -0.05) is 24.3 Å². The van der Waals surface area contributed by atoms with Gasteiger partial charge in [-0.3, -0.25) is 0 Å². The summed E-state index contributed by atoms with van der Waals surface area (Å²) in [6.45, 7) is 2.01. The summed E-state index contributed by atoms with van der Waals surface area (Å²) in [7, 11) is 0. The SMILES string of the molecule is CC(N)Cc1ccccc1-c1ncc[nH]1. The van der Waals surface area contributed by atoms with E-state index in [4.69, 9.17) is 5.73 Å². The number of hydrogen-bond acceptors (Lipinski definition) is 2. The molecule has 1 aromatic heterocycles. The lowest BCUT2D eigenvalue weighted by molar-refractivity contribution is 0.738. The molecule has 1 atom stereocenters. The third-order valence-electron chi connectivity index (χ3n) is 2.31. The molecule has 2 aromatic rings. The Labute approximate surface area is 89.4 Å². The maximum Gasteiger partial charge on any atom is 0.137 e. The average Bonchev–Trinajstić information content (AvgIpc) is 2.70. The third-order valence-corrected chi connectivity index (χ3v) is 2.31. The van der Waals surface area contributed by atoms with Gasteiger partial charge >= 0.3 is 0 Å². The number of aromatic nitrogens is 2. The van der Waals surface area contributed by atoms with E-state index in [-0.39, 0.29) is 6.04 Å². The molecule has 15 heavy (non-hydrogen) atoms. The number of aromatic amines is 1. The van der Waals surface area contributed by atoms with E-state index in [0.717, 1.165) is 17.8 Å². The van der Waals surface area contributed by atoms with E-state index in [9.17, 15) is 0 Å². The number of imidazole rings is 1. The zero-order valence-corrected chi connectivity index (χ0v) is 8.77. The zero-order chi connectivity index (χ0) is 10.7. The summed E-state index contributed by atoms with van der Waals surface area (Å²) in [4.78, 5) is 7.37. The highest BCUT2D eigenvalue weighted by Gasteiger charge is 2.07. The van der Waals surface area contributed by atoms with Crippen LogP contribution in [0.3, 0.4) is 0 Å². The summed E-state index contributed by atoms with van der Waals surface area (Å²) in [5, 5.41) is 0. The number of H-pyrrole nitrogens is 1. The smallest absolute Gasteiger partial charge is 0.137 e. The molecule has 0 aliphatic heterocycles. The lowest BCUT2D eigenvalue weighted by atomic mass is 10.0. The van der Waals surface area contributed by atoms with Crippen molar-refractivity contribution in [3.8, 4) is 11.4 Å². The summed E-state index contributed by atoms with van der Waals surface area (Å²) in [5.74, 6) is 0.909. The van der Waals surface area contributed by atoms with E-state index < -0.39 is 0 Å². The van der Waals surface area contributed by atoms with Gasteiger partial charge in [-0.15, -0.1) is 0 Å². The lowest BCUT2D eigenvalue weighted by Crippen LogP contribution is -2.18. The first-order valence-electron chi connectivity index (χ1n) is 5.10. The Morgan fingerprint density at radius 1 is 1.40 bits per heavy atom. The maximum absolute atomic E-state index is 5.82. The molecule has 0 radical (unpaired) electrons. The average molecular weight is 201 g/mol. The highest BCUT2D eigenvalue weighted by Crippen LogP contribution is 2.20. The molecule has 0 spiro atoms. The van der Waals surface area contributed by atoms with Crippen molar-refractivity contribution in [1.82, 2.24) is 9.97 Å². The van der Waals surface area contributed by atoms with Gasteiger partial charge < -0.3 is 10.7 Å². The van der Waals surface area contributed by atoms with Gasteiger partial charge in [0, 0.05) is 24.0 Å². The van der Waals surface area contributed by atoms with Crippen LogP contribution in [0.25, 0.3) is 11.4 Å². The van der Waals surface area contributed by atoms with Gasteiger partial charge in [0.2, 0.25) is 0 Å². The van der Waals surface area contributed by atoms with Crippen molar-refractivity contribution in [3.05, 3.63) is 42.2 Å². The maximum atomic E-state index is 5.82. The van der Waals surface area contributed by atoms with Crippen molar-refractivity contribution in [3.63, 3.8) is 0 Å². The molecule has 1 aromatic carbocycles. The summed E-state index contributed by atoms with van der Waals surface area (Å²) in [6.07, 6.45) is 4.47. The van der Waals surface area contributed by atoms with Crippen LogP contribution in [0.4, 0.5) is 0 Å². The summed E-state index contributed by atoms with van der Waals surface area (Å²) >= 11 is 0. The highest BCUT2D eigenvalue weighted by atomic mass is 14.9. The van der Waals surface area contributed by atoms with Gasteiger partial charge in [0.05, 0.1) is 0 Å². The van der Waals surface area contributed by atoms with Gasteiger partial charge in [0.15, 0.2) is 0 Å². The van der Waals surface area contributed by atoms with Gasteiger partial charge in [0.25, 0.3) is 0 Å². The molecule has 0 bridgehead atoms. The molecule has 3 heteroatoms. The number of nitrogens with zero attached hydrogens (tertiary/aromatic N) is 1. The Morgan fingerprint density at radius 3 is 2.87 bits per heavy atom. The number of hydrogen-bond donors (Lipinski definition) is 2. The number of nitrogens with one attached hydrogen (secondary N) is 1. The number of nitrogens with two attached hydrogens (primary N) is 1. The van der Waals surface area contributed by atoms with Crippen molar-refractivity contribution < 1.29 is 0 Å². The van der Waals surface area contributed by atoms with Crippen molar-refractivity contribution in [2.24, 2.45) is 5.73 Å². The Morgan fingerprint density at radius 2 is 2.20 bits per heavy atom. The minimum atomic E-state index is 0.168. The largest absolute Gasteiger partial charge is 0.345 e. The summed E-state index contributed by atoms with van der Waals surface area (Å²) in [5.41, 5.74) is 8.19. The van der Waals surface area contributed by atoms with E-state index in [0.29, 0.717) is 0 Å². The molecule has 0 aliphatic rings. The molecular formula is C12H15N3. The van der Waals surface area contributed by atoms with E-state index in [1.807, 2.05) is 25.3 Å². The molecule has 2 rings (SSSR count). The van der Waals surface area contributed by atoms with Crippen LogP contribution in [0, 0.1) is 0 Å². The van der Waals surface area contributed by atoms with E-state index in [2.05, 4.69) is 22.1 Å². The Bertz CT molecular complexity index is 418. The zero-order valence-electron chi connectivity index (χ0n) is 8.77. The molecule has 1 unspecified atom stereocenters. The fourth-order valence-electron chi connectivity index (χ4n) is 1.69. The van der Waals surface area contributed by atoms with Crippen LogP contribution in [-0.2, 0) is 6.42 Å². The Hall–Kier alpha value is -1.61. The second-order valence-electron chi connectivity index (χ2n) is 3.78.